The number of aryl methyl sites for hydroxylation is 2. The highest BCUT2D eigenvalue weighted by atomic mass is 19.4. The topological polar surface area (TPSA) is 69.9 Å². The third-order valence-corrected chi connectivity index (χ3v) is 7.25. The molecule has 0 aliphatic heterocycles. The second kappa shape index (κ2) is 12.7. The Morgan fingerprint density at radius 2 is 1.41 bits per heavy atom. The number of halogens is 6. The van der Waals surface area contributed by atoms with E-state index in [0.29, 0.717) is 43.1 Å². The van der Waals surface area contributed by atoms with Gasteiger partial charge in [0.2, 0.25) is 0 Å². The van der Waals surface area contributed by atoms with E-state index >= 15 is 0 Å². The first-order chi connectivity index (χ1) is 18.1. The minimum absolute atomic E-state index is 0.0129. The average Bonchev–Trinajstić information content (AvgIpc) is 2.86. The summed E-state index contributed by atoms with van der Waals surface area (Å²) in [5.74, 6) is 0.599. The van der Waals surface area contributed by atoms with E-state index in [1.165, 1.54) is 6.07 Å². The minimum atomic E-state index is -5.93. The standard InChI is InChI=1S/C29H36F6O4/c1-5-26(6-2,23-11-12-25(20(4)17-23)39-18-24(37)8-7-15-36)22-10-9-21(19(3)16-22)13-14-27(38,28(30,31)32)29(33,34)35/h9-14,16-17,24,36-38H,5-8,15,18H2,1-4H3/b14-13+/t24-/m0/s1. The molecule has 0 aromatic heterocycles. The maximum atomic E-state index is 13.0. The number of aliphatic hydroxyl groups excluding tert-OH is 2. The van der Waals surface area contributed by atoms with Crippen molar-refractivity contribution in [1.82, 2.24) is 0 Å². The molecule has 0 amide bonds. The first-order valence-electron chi connectivity index (χ1n) is 12.7. The molecule has 0 saturated heterocycles. The van der Waals surface area contributed by atoms with Crippen LogP contribution in [0.25, 0.3) is 6.08 Å². The predicted octanol–water partition coefficient (Wildman–Crippen LogP) is 6.79. The van der Waals surface area contributed by atoms with Crippen LogP contribution in [0.1, 0.15) is 67.3 Å². The van der Waals surface area contributed by atoms with Crippen molar-refractivity contribution < 1.29 is 46.4 Å². The van der Waals surface area contributed by atoms with Gasteiger partial charge in [-0.3, -0.25) is 0 Å². The molecule has 0 heterocycles. The van der Waals surface area contributed by atoms with Crippen LogP contribution < -0.4 is 4.74 Å². The largest absolute Gasteiger partial charge is 0.491 e. The van der Waals surface area contributed by atoms with Crippen molar-refractivity contribution in [2.45, 2.75) is 82.9 Å². The summed E-state index contributed by atoms with van der Waals surface area (Å²) in [7, 11) is 0. The molecule has 4 nitrogen and oxygen atoms in total. The van der Waals surface area contributed by atoms with Crippen LogP contribution in [0.4, 0.5) is 26.3 Å². The lowest BCUT2D eigenvalue weighted by molar-refractivity contribution is -0.347. The summed E-state index contributed by atoms with van der Waals surface area (Å²) < 4.78 is 84.1. The highest BCUT2D eigenvalue weighted by Crippen LogP contribution is 2.45. The van der Waals surface area contributed by atoms with Gasteiger partial charge >= 0.3 is 12.4 Å². The quantitative estimate of drug-likeness (QED) is 0.249. The zero-order valence-corrected chi connectivity index (χ0v) is 22.5. The normalized spacial score (nSPS) is 14.2. The second-order valence-corrected chi connectivity index (χ2v) is 9.77. The summed E-state index contributed by atoms with van der Waals surface area (Å²) >= 11 is 0. The van der Waals surface area contributed by atoms with Crippen molar-refractivity contribution >= 4 is 6.08 Å². The second-order valence-electron chi connectivity index (χ2n) is 9.77. The third kappa shape index (κ3) is 7.15. The van der Waals surface area contributed by atoms with Crippen LogP contribution >= 0.6 is 0 Å². The Labute approximate surface area is 224 Å². The van der Waals surface area contributed by atoms with E-state index in [1.54, 1.807) is 19.1 Å². The summed E-state index contributed by atoms with van der Waals surface area (Å²) in [6.07, 6.45) is -9.97. The third-order valence-electron chi connectivity index (χ3n) is 7.25. The van der Waals surface area contributed by atoms with Crippen LogP contribution in [0.5, 0.6) is 5.75 Å². The lowest BCUT2D eigenvalue weighted by Crippen LogP contribution is -2.55. The van der Waals surface area contributed by atoms with E-state index < -0.39 is 29.5 Å². The van der Waals surface area contributed by atoms with E-state index in [0.717, 1.165) is 16.7 Å². The average molecular weight is 563 g/mol. The van der Waals surface area contributed by atoms with Crippen molar-refractivity contribution in [3.63, 3.8) is 0 Å². The summed E-state index contributed by atoms with van der Waals surface area (Å²) in [5.41, 5.74) is -2.24. The fourth-order valence-electron chi connectivity index (χ4n) is 4.66. The molecule has 218 valence electrons. The van der Waals surface area contributed by atoms with Crippen LogP contribution in [0.15, 0.2) is 42.5 Å². The van der Waals surface area contributed by atoms with Crippen molar-refractivity contribution in [3.8, 4) is 5.75 Å². The number of hydrogen-bond acceptors (Lipinski definition) is 4. The molecule has 0 spiro atoms. The van der Waals surface area contributed by atoms with Crippen molar-refractivity contribution in [1.29, 1.82) is 0 Å². The smallest absolute Gasteiger partial charge is 0.430 e. The lowest BCUT2D eigenvalue weighted by atomic mass is 9.70. The van der Waals surface area contributed by atoms with Gasteiger partial charge in [0, 0.05) is 12.0 Å². The zero-order valence-electron chi connectivity index (χ0n) is 22.5. The number of aliphatic hydroxyl groups is 3. The van der Waals surface area contributed by atoms with Gasteiger partial charge in [-0.05, 0) is 79.5 Å². The van der Waals surface area contributed by atoms with Crippen molar-refractivity contribution in [2.75, 3.05) is 13.2 Å². The zero-order chi connectivity index (χ0) is 29.6. The van der Waals surface area contributed by atoms with E-state index in [9.17, 15) is 36.6 Å². The highest BCUT2D eigenvalue weighted by Gasteiger charge is 2.68. The maximum absolute atomic E-state index is 13.0. The van der Waals surface area contributed by atoms with E-state index in [-0.39, 0.29) is 24.9 Å². The Morgan fingerprint density at radius 1 is 0.872 bits per heavy atom. The molecule has 0 fully saturated rings. The van der Waals surface area contributed by atoms with Gasteiger partial charge in [0.05, 0.1) is 6.10 Å². The van der Waals surface area contributed by atoms with Gasteiger partial charge in [-0.1, -0.05) is 50.3 Å². The Bertz CT molecular complexity index is 1110. The molecule has 0 radical (unpaired) electrons. The number of rotatable bonds is 12. The minimum Gasteiger partial charge on any atom is -0.491 e. The molecular weight excluding hydrogens is 526 g/mol. The number of benzene rings is 2. The first kappa shape index (κ1) is 32.7. The maximum Gasteiger partial charge on any atom is 0.430 e. The van der Waals surface area contributed by atoms with Gasteiger partial charge in [-0.25, -0.2) is 0 Å². The molecule has 0 bridgehead atoms. The Balaban J connectivity index is 2.40. The van der Waals surface area contributed by atoms with Gasteiger partial charge < -0.3 is 20.1 Å². The highest BCUT2D eigenvalue weighted by molar-refractivity contribution is 5.57. The molecule has 2 rings (SSSR count). The fourth-order valence-corrected chi connectivity index (χ4v) is 4.66. The monoisotopic (exact) mass is 562 g/mol. The van der Waals surface area contributed by atoms with Crippen LogP contribution in [-0.2, 0) is 5.41 Å². The van der Waals surface area contributed by atoms with Crippen LogP contribution in [-0.4, -0.2) is 52.6 Å². The molecular formula is C29H36F6O4. The molecule has 0 aliphatic rings. The molecule has 3 N–H and O–H groups in total. The summed E-state index contributed by atoms with van der Waals surface area (Å²) in [4.78, 5) is 0. The van der Waals surface area contributed by atoms with Gasteiger partial charge in [0.25, 0.3) is 5.60 Å². The summed E-state index contributed by atoms with van der Waals surface area (Å²) in [6.45, 7) is 7.52. The Hall–Kier alpha value is -2.56. The van der Waals surface area contributed by atoms with Crippen molar-refractivity contribution in [3.05, 3.63) is 70.3 Å². The molecule has 0 saturated carbocycles. The first-order valence-corrected chi connectivity index (χ1v) is 12.7. The Kier molecular flexibility index (Phi) is 10.7. The molecule has 39 heavy (non-hydrogen) atoms. The molecule has 0 aliphatic carbocycles. The summed E-state index contributed by atoms with van der Waals surface area (Å²) in [6, 6.07) is 10.6. The molecule has 0 unspecified atom stereocenters. The SMILES string of the molecule is CCC(CC)(c1ccc(/C=C/C(O)(C(F)(F)F)C(F)(F)F)c(C)c1)c1ccc(OC[C@@H](O)CCCO)c(C)c1. The molecule has 2 aromatic rings. The van der Waals surface area contributed by atoms with E-state index in [4.69, 9.17) is 9.84 Å². The van der Waals surface area contributed by atoms with E-state index in [2.05, 4.69) is 0 Å². The molecule has 1 atom stereocenters. The van der Waals surface area contributed by atoms with Crippen molar-refractivity contribution in [2.24, 2.45) is 0 Å². The van der Waals surface area contributed by atoms with Gasteiger partial charge in [-0.15, -0.1) is 0 Å². The van der Waals surface area contributed by atoms with Crippen LogP contribution in [0.2, 0.25) is 0 Å². The summed E-state index contributed by atoms with van der Waals surface area (Å²) in [5, 5.41) is 28.3. The molecule has 10 heteroatoms. The van der Waals surface area contributed by atoms with Gasteiger partial charge in [0.15, 0.2) is 0 Å². The Morgan fingerprint density at radius 3 is 1.87 bits per heavy atom. The fraction of sp³-hybridized carbons (Fsp3) is 0.517. The number of ether oxygens (including phenoxy) is 1. The predicted molar refractivity (Wildman–Crippen MR) is 138 cm³/mol. The molecule has 2 aromatic carbocycles. The number of hydrogen-bond donors (Lipinski definition) is 3. The number of alkyl halides is 6. The van der Waals surface area contributed by atoms with Crippen LogP contribution in [0.3, 0.4) is 0 Å². The van der Waals surface area contributed by atoms with Gasteiger partial charge in [-0.2, -0.15) is 26.3 Å². The van der Waals surface area contributed by atoms with Crippen LogP contribution in [0, 0.1) is 13.8 Å². The lowest BCUT2D eigenvalue weighted by Gasteiger charge is -2.34. The van der Waals surface area contributed by atoms with Gasteiger partial charge in [0.1, 0.15) is 12.4 Å². The van der Waals surface area contributed by atoms with E-state index in [1.807, 2.05) is 39.0 Å².